The zero-order valence-electron chi connectivity index (χ0n) is 6.09. The molecule has 0 aromatic carbocycles. The largest absolute Gasteiger partial charge is 0.294 e. The van der Waals surface area contributed by atoms with Crippen LogP contribution in [0.3, 0.4) is 0 Å². The molecule has 0 aromatic heterocycles. The molecule has 0 amide bonds. The highest BCUT2D eigenvalue weighted by Crippen LogP contribution is 1.93. The van der Waals surface area contributed by atoms with Crippen LogP contribution < -0.4 is 0 Å². The number of ketones is 1. The highest BCUT2D eigenvalue weighted by atomic mass is 16.1. The Morgan fingerprint density at radius 2 is 2.20 bits per heavy atom. The molecule has 0 saturated heterocycles. The van der Waals surface area contributed by atoms with E-state index in [2.05, 4.69) is 0 Å². The molecular formula is C8H9NO. The van der Waals surface area contributed by atoms with Crippen LogP contribution >= 0.6 is 0 Å². The Kier molecular flexibility index (Phi) is 3.90. The van der Waals surface area contributed by atoms with Crippen LogP contribution in [0.25, 0.3) is 0 Å². The molecule has 0 atom stereocenters. The normalized spacial score (nSPS) is 11.5. The highest BCUT2D eigenvalue weighted by molar-refractivity contribution is 5.97. The number of Topliss-reactive ketones (excluding diaryl/α,β-unsaturated/α-hetero) is 1. The summed E-state index contributed by atoms with van der Waals surface area (Å²) in [5, 5.41) is 8.35. The second-order valence-corrected chi connectivity index (χ2v) is 1.77. The lowest BCUT2D eigenvalue weighted by atomic mass is 10.2. The number of hydrogen-bond acceptors (Lipinski definition) is 2. The van der Waals surface area contributed by atoms with Crippen molar-refractivity contribution in [2.75, 3.05) is 0 Å². The van der Waals surface area contributed by atoms with Gasteiger partial charge in [0.15, 0.2) is 5.78 Å². The predicted molar refractivity (Wildman–Crippen MR) is 39.2 cm³/mol. The van der Waals surface area contributed by atoms with Crippen molar-refractivity contribution in [3.8, 4) is 6.07 Å². The van der Waals surface area contributed by atoms with Crippen LogP contribution in [0, 0.1) is 11.3 Å². The smallest absolute Gasteiger partial charge is 0.170 e. The summed E-state index contributed by atoms with van der Waals surface area (Å²) >= 11 is 0. The molecule has 2 heteroatoms. The SMILES string of the molecule is C/C=C/C=C(\C#N)C(C)=O. The number of nitrogens with zero attached hydrogens (tertiary/aromatic N) is 1. The third-order valence-corrected chi connectivity index (χ3v) is 0.955. The summed E-state index contributed by atoms with van der Waals surface area (Å²) < 4.78 is 0. The molecule has 0 N–H and O–H groups in total. The van der Waals surface area contributed by atoms with Gasteiger partial charge in [-0.3, -0.25) is 4.79 Å². The molecule has 0 saturated carbocycles. The van der Waals surface area contributed by atoms with Crippen molar-refractivity contribution in [2.24, 2.45) is 0 Å². The molecule has 0 bridgehead atoms. The van der Waals surface area contributed by atoms with Crippen molar-refractivity contribution in [3.05, 3.63) is 23.8 Å². The van der Waals surface area contributed by atoms with E-state index in [1.54, 1.807) is 18.2 Å². The van der Waals surface area contributed by atoms with E-state index in [9.17, 15) is 4.79 Å². The summed E-state index contributed by atoms with van der Waals surface area (Å²) in [4.78, 5) is 10.6. The molecule has 0 radical (unpaired) electrons. The second kappa shape index (κ2) is 4.51. The van der Waals surface area contributed by atoms with E-state index in [0.717, 1.165) is 0 Å². The van der Waals surface area contributed by atoms with Crippen molar-refractivity contribution in [2.45, 2.75) is 13.8 Å². The fraction of sp³-hybridized carbons (Fsp3) is 0.250. The molecule has 0 fully saturated rings. The molecule has 0 heterocycles. The standard InChI is InChI=1S/C8H9NO/c1-3-4-5-8(6-9)7(2)10/h3-5H,1-2H3/b4-3+,8-5+. The number of rotatable bonds is 2. The van der Waals surface area contributed by atoms with Gasteiger partial charge in [0.05, 0.1) is 5.57 Å². The summed E-state index contributed by atoms with van der Waals surface area (Å²) in [6, 6.07) is 1.80. The molecule has 10 heavy (non-hydrogen) atoms. The minimum atomic E-state index is -0.194. The van der Waals surface area contributed by atoms with E-state index < -0.39 is 0 Å². The van der Waals surface area contributed by atoms with Crippen LogP contribution in [0.1, 0.15) is 13.8 Å². The van der Waals surface area contributed by atoms with Gasteiger partial charge in [0.2, 0.25) is 0 Å². The average Bonchev–Trinajstić information content (AvgIpc) is 1.89. The van der Waals surface area contributed by atoms with Crippen LogP contribution in [-0.4, -0.2) is 5.78 Å². The van der Waals surface area contributed by atoms with Gasteiger partial charge < -0.3 is 0 Å². The van der Waals surface area contributed by atoms with Crippen molar-refractivity contribution < 1.29 is 4.79 Å². The first-order valence-corrected chi connectivity index (χ1v) is 2.96. The fourth-order valence-corrected chi connectivity index (χ4v) is 0.426. The van der Waals surface area contributed by atoms with Crippen LogP contribution in [0.4, 0.5) is 0 Å². The van der Waals surface area contributed by atoms with Gasteiger partial charge in [-0.05, 0) is 19.9 Å². The zero-order valence-corrected chi connectivity index (χ0v) is 6.09. The molecule has 0 aromatic rings. The Morgan fingerprint density at radius 3 is 2.50 bits per heavy atom. The number of allylic oxidation sites excluding steroid dienone is 4. The maximum absolute atomic E-state index is 10.6. The lowest BCUT2D eigenvalue weighted by Crippen LogP contribution is -1.91. The van der Waals surface area contributed by atoms with E-state index in [1.165, 1.54) is 13.0 Å². The van der Waals surface area contributed by atoms with E-state index in [4.69, 9.17) is 5.26 Å². The van der Waals surface area contributed by atoms with Crippen LogP contribution in [0.2, 0.25) is 0 Å². The first kappa shape index (κ1) is 8.64. The molecule has 0 aliphatic carbocycles. The fourth-order valence-electron chi connectivity index (χ4n) is 0.426. The molecule has 0 aliphatic rings. The van der Waals surface area contributed by atoms with Crippen molar-refractivity contribution in [1.29, 1.82) is 5.26 Å². The summed E-state index contributed by atoms with van der Waals surface area (Å²) in [5.41, 5.74) is 0.193. The van der Waals surface area contributed by atoms with Crippen LogP contribution in [0.5, 0.6) is 0 Å². The van der Waals surface area contributed by atoms with Crippen LogP contribution in [-0.2, 0) is 4.79 Å². The van der Waals surface area contributed by atoms with Gasteiger partial charge in [0.1, 0.15) is 6.07 Å². The monoisotopic (exact) mass is 135 g/mol. The minimum absolute atomic E-state index is 0.193. The van der Waals surface area contributed by atoms with Gasteiger partial charge in [-0.15, -0.1) is 0 Å². The maximum atomic E-state index is 10.6. The van der Waals surface area contributed by atoms with Gasteiger partial charge in [0.25, 0.3) is 0 Å². The van der Waals surface area contributed by atoms with Gasteiger partial charge in [-0.2, -0.15) is 5.26 Å². The molecule has 0 unspecified atom stereocenters. The summed E-state index contributed by atoms with van der Waals surface area (Å²) in [6.45, 7) is 3.20. The lowest BCUT2D eigenvalue weighted by Gasteiger charge is -1.83. The predicted octanol–water partition coefficient (Wildman–Crippen LogP) is 1.60. The Hall–Kier alpha value is -1.36. The minimum Gasteiger partial charge on any atom is -0.294 e. The van der Waals surface area contributed by atoms with E-state index in [-0.39, 0.29) is 11.4 Å². The Labute approximate surface area is 60.5 Å². The molecule has 0 aliphatic heterocycles. The molecular weight excluding hydrogens is 126 g/mol. The van der Waals surface area contributed by atoms with Crippen LogP contribution in [0.15, 0.2) is 23.8 Å². The molecule has 0 spiro atoms. The van der Waals surface area contributed by atoms with Gasteiger partial charge in [-0.25, -0.2) is 0 Å². The van der Waals surface area contributed by atoms with Gasteiger partial charge in [0, 0.05) is 0 Å². The average molecular weight is 135 g/mol. The zero-order chi connectivity index (χ0) is 7.98. The number of hydrogen-bond donors (Lipinski definition) is 0. The number of carbonyl (C=O) groups excluding carboxylic acids is 1. The molecule has 0 rings (SSSR count). The summed E-state index contributed by atoms with van der Waals surface area (Å²) in [5.74, 6) is -0.194. The van der Waals surface area contributed by atoms with Crippen molar-refractivity contribution >= 4 is 5.78 Å². The first-order chi connectivity index (χ1) is 4.72. The number of carbonyl (C=O) groups is 1. The highest BCUT2D eigenvalue weighted by Gasteiger charge is 1.97. The molecule has 52 valence electrons. The summed E-state index contributed by atoms with van der Waals surface area (Å²) in [6.07, 6.45) is 4.93. The third kappa shape index (κ3) is 2.83. The Bertz CT molecular complexity index is 218. The molecule has 2 nitrogen and oxygen atoms in total. The first-order valence-electron chi connectivity index (χ1n) is 2.96. The van der Waals surface area contributed by atoms with Gasteiger partial charge >= 0.3 is 0 Å². The Morgan fingerprint density at radius 1 is 1.60 bits per heavy atom. The third-order valence-electron chi connectivity index (χ3n) is 0.955. The van der Waals surface area contributed by atoms with Crippen molar-refractivity contribution in [1.82, 2.24) is 0 Å². The van der Waals surface area contributed by atoms with E-state index in [1.807, 2.05) is 6.92 Å². The number of nitriles is 1. The van der Waals surface area contributed by atoms with E-state index >= 15 is 0 Å². The van der Waals surface area contributed by atoms with Crippen molar-refractivity contribution in [3.63, 3.8) is 0 Å². The topological polar surface area (TPSA) is 40.9 Å². The van der Waals surface area contributed by atoms with E-state index in [0.29, 0.717) is 0 Å². The maximum Gasteiger partial charge on any atom is 0.170 e. The van der Waals surface area contributed by atoms with Gasteiger partial charge in [-0.1, -0.05) is 12.2 Å². The lowest BCUT2D eigenvalue weighted by molar-refractivity contribution is -0.113. The quantitative estimate of drug-likeness (QED) is 0.328. The second-order valence-electron chi connectivity index (χ2n) is 1.77. The summed E-state index contributed by atoms with van der Waals surface area (Å²) in [7, 11) is 0. The Balaban J connectivity index is 4.38.